The van der Waals surface area contributed by atoms with E-state index in [-0.39, 0.29) is 0 Å². The average molecular weight is 191 g/mol. The van der Waals surface area contributed by atoms with Crippen molar-refractivity contribution in [3.05, 3.63) is 35.2 Å². The zero-order valence-electron chi connectivity index (χ0n) is 7.87. The highest BCUT2D eigenvalue weighted by Crippen LogP contribution is 2.28. The monoisotopic (exact) mass is 191 g/mol. The summed E-state index contributed by atoms with van der Waals surface area (Å²) < 4.78 is 1.41. The number of benzene rings is 1. The van der Waals surface area contributed by atoms with E-state index in [0.29, 0.717) is 6.04 Å². The third kappa shape index (κ3) is 1.47. The molecule has 0 aliphatic rings. The van der Waals surface area contributed by atoms with E-state index < -0.39 is 0 Å². The molecule has 1 aromatic heterocycles. The van der Waals surface area contributed by atoms with Crippen molar-refractivity contribution < 1.29 is 0 Å². The molecule has 0 bridgehead atoms. The van der Waals surface area contributed by atoms with Crippen molar-refractivity contribution in [3.63, 3.8) is 0 Å². The first kappa shape index (κ1) is 8.73. The number of thiophene rings is 1. The van der Waals surface area contributed by atoms with Gasteiger partial charge in [-0.25, -0.2) is 0 Å². The topological polar surface area (TPSA) is 12.0 Å². The quantitative estimate of drug-likeness (QED) is 0.768. The first-order chi connectivity index (χ1) is 6.33. The molecule has 2 aromatic rings. The summed E-state index contributed by atoms with van der Waals surface area (Å²) in [4.78, 5) is 0. The van der Waals surface area contributed by atoms with Crippen LogP contribution in [0.3, 0.4) is 0 Å². The Kier molecular flexibility index (Phi) is 2.34. The van der Waals surface area contributed by atoms with Gasteiger partial charge in [0.15, 0.2) is 0 Å². The van der Waals surface area contributed by atoms with Crippen LogP contribution in [0.4, 0.5) is 0 Å². The molecule has 0 saturated heterocycles. The minimum absolute atomic E-state index is 0.433. The SMILES string of the molecule is CNC(C)c1cccc2ccsc12. The Morgan fingerprint density at radius 1 is 1.31 bits per heavy atom. The van der Waals surface area contributed by atoms with Gasteiger partial charge in [0, 0.05) is 10.7 Å². The van der Waals surface area contributed by atoms with Crippen LogP contribution >= 0.6 is 11.3 Å². The van der Waals surface area contributed by atoms with Crippen LogP contribution in [-0.2, 0) is 0 Å². The number of fused-ring (bicyclic) bond motifs is 1. The number of nitrogens with one attached hydrogen (secondary N) is 1. The van der Waals surface area contributed by atoms with Crippen LogP contribution in [0.2, 0.25) is 0 Å². The number of hydrogen-bond donors (Lipinski definition) is 1. The Morgan fingerprint density at radius 3 is 2.92 bits per heavy atom. The van der Waals surface area contributed by atoms with Gasteiger partial charge in [0.2, 0.25) is 0 Å². The molecule has 0 saturated carbocycles. The van der Waals surface area contributed by atoms with Gasteiger partial charge in [-0.3, -0.25) is 0 Å². The van der Waals surface area contributed by atoms with Gasteiger partial charge in [-0.2, -0.15) is 0 Å². The third-order valence-corrected chi connectivity index (χ3v) is 3.39. The average Bonchev–Trinajstić information content (AvgIpc) is 2.63. The fourth-order valence-corrected chi connectivity index (χ4v) is 2.52. The molecule has 0 radical (unpaired) electrons. The van der Waals surface area contributed by atoms with E-state index in [1.807, 2.05) is 18.4 Å². The van der Waals surface area contributed by atoms with Crippen LogP contribution in [0.15, 0.2) is 29.6 Å². The Balaban J connectivity index is 2.60. The normalized spacial score (nSPS) is 13.4. The van der Waals surface area contributed by atoms with E-state index in [0.717, 1.165) is 0 Å². The van der Waals surface area contributed by atoms with Crippen LogP contribution in [0, 0.1) is 0 Å². The molecule has 1 heterocycles. The molecular formula is C11H13NS. The summed E-state index contributed by atoms with van der Waals surface area (Å²) >= 11 is 1.82. The van der Waals surface area contributed by atoms with Crippen LogP contribution in [-0.4, -0.2) is 7.05 Å². The molecule has 68 valence electrons. The molecule has 1 atom stereocenters. The zero-order valence-corrected chi connectivity index (χ0v) is 8.69. The van der Waals surface area contributed by atoms with E-state index in [9.17, 15) is 0 Å². The van der Waals surface area contributed by atoms with E-state index in [2.05, 4.69) is 41.9 Å². The van der Waals surface area contributed by atoms with Crippen LogP contribution in [0.5, 0.6) is 0 Å². The first-order valence-corrected chi connectivity index (χ1v) is 5.34. The molecule has 1 aromatic carbocycles. The minimum Gasteiger partial charge on any atom is -0.313 e. The maximum absolute atomic E-state index is 3.27. The first-order valence-electron chi connectivity index (χ1n) is 4.46. The third-order valence-electron chi connectivity index (χ3n) is 2.41. The molecule has 0 aliphatic carbocycles. The Morgan fingerprint density at radius 2 is 2.15 bits per heavy atom. The van der Waals surface area contributed by atoms with Crippen molar-refractivity contribution in [2.45, 2.75) is 13.0 Å². The number of hydrogen-bond acceptors (Lipinski definition) is 2. The fraction of sp³-hybridized carbons (Fsp3) is 0.273. The lowest BCUT2D eigenvalue weighted by atomic mass is 10.1. The second-order valence-corrected chi connectivity index (χ2v) is 4.11. The summed E-state index contributed by atoms with van der Waals surface area (Å²) in [5, 5.41) is 6.77. The molecule has 1 nitrogen and oxygen atoms in total. The van der Waals surface area contributed by atoms with Crippen molar-refractivity contribution in [1.82, 2.24) is 5.32 Å². The van der Waals surface area contributed by atoms with E-state index in [1.165, 1.54) is 15.6 Å². The molecule has 0 fully saturated rings. The van der Waals surface area contributed by atoms with Crippen LogP contribution < -0.4 is 5.32 Å². The molecule has 13 heavy (non-hydrogen) atoms. The summed E-state index contributed by atoms with van der Waals surface area (Å²) in [5.41, 5.74) is 1.40. The summed E-state index contributed by atoms with van der Waals surface area (Å²) in [6, 6.07) is 9.09. The molecule has 1 N–H and O–H groups in total. The molecule has 1 unspecified atom stereocenters. The smallest absolute Gasteiger partial charge is 0.0390 e. The minimum atomic E-state index is 0.433. The lowest BCUT2D eigenvalue weighted by Gasteiger charge is -2.11. The lowest BCUT2D eigenvalue weighted by molar-refractivity contribution is 0.658. The molecule has 0 aliphatic heterocycles. The number of rotatable bonds is 2. The van der Waals surface area contributed by atoms with Gasteiger partial charge in [-0.15, -0.1) is 11.3 Å². The van der Waals surface area contributed by atoms with Crippen molar-refractivity contribution in [2.24, 2.45) is 0 Å². The van der Waals surface area contributed by atoms with Gasteiger partial charge in [-0.05, 0) is 36.4 Å². The van der Waals surface area contributed by atoms with Crippen molar-refractivity contribution in [3.8, 4) is 0 Å². The van der Waals surface area contributed by atoms with Crippen molar-refractivity contribution in [1.29, 1.82) is 0 Å². The van der Waals surface area contributed by atoms with Gasteiger partial charge in [0.25, 0.3) is 0 Å². The highest BCUT2D eigenvalue weighted by atomic mass is 32.1. The van der Waals surface area contributed by atoms with Crippen LogP contribution in [0.1, 0.15) is 18.5 Å². The highest BCUT2D eigenvalue weighted by molar-refractivity contribution is 7.17. The van der Waals surface area contributed by atoms with Crippen LogP contribution in [0.25, 0.3) is 10.1 Å². The molecular weight excluding hydrogens is 178 g/mol. The Labute approximate surface area is 82.4 Å². The van der Waals surface area contributed by atoms with E-state index in [4.69, 9.17) is 0 Å². The summed E-state index contributed by atoms with van der Waals surface area (Å²) in [6.45, 7) is 2.19. The summed E-state index contributed by atoms with van der Waals surface area (Å²) in [6.07, 6.45) is 0. The molecule has 2 rings (SSSR count). The zero-order chi connectivity index (χ0) is 9.26. The van der Waals surface area contributed by atoms with E-state index in [1.54, 1.807) is 0 Å². The summed E-state index contributed by atoms with van der Waals surface area (Å²) in [5.74, 6) is 0. The largest absolute Gasteiger partial charge is 0.313 e. The predicted molar refractivity (Wildman–Crippen MR) is 59.3 cm³/mol. The van der Waals surface area contributed by atoms with Crippen molar-refractivity contribution in [2.75, 3.05) is 7.05 Å². The second kappa shape index (κ2) is 3.48. The Hall–Kier alpha value is -0.860. The molecule has 2 heteroatoms. The molecule has 0 amide bonds. The maximum Gasteiger partial charge on any atom is 0.0390 e. The highest BCUT2D eigenvalue weighted by Gasteiger charge is 2.07. The Bertz CT molecular complexity index is 405. The fourth-order valence-electron chi connectivity index (χ4n) is 1.51. The van der Waals surface area contributed by atoms with Crippen molar-refractivity contribution >= 4 is 21.4 Å². The van der Waals surface area contributed by atoms with Gasteiger partial charge in [0.1, 0.15) is 0 Å². The molecule has 0 spiro atoms. The van der Waals surface area contributed by atoms with Gasteiger partial charge in [0.05, 0.1) is 0 Å². The second-order valence-electron chi connectivity index (χ2n) is 3.20. The van der Waals surface area contributed by atoms with Gasteiger partial charge in [-0.1, -0.05) is 18.2 Å². The van der Waals surface area contributed by atoms with Gasteiger partial charge < -0.3 is 5.32 Å². The predicted octanol–water partition coefficient (Wildman–Crippen LogP) is 3.18. The summed E-state index contributed by atoms with van der Waals surface area (Å²) in [7, 11) is 2.00. The van der Waals surface area contributed by atoms with Gasteiger partial charge >= 0.3 is 0 Å². The standard InChI is InChI=1S/C11H13NS/c1-8(12-2)10-5-3-4-9-6-7-13-11(9)10/h3-8,12H,1-2H3. The maximum atomic E-state index is 3.27. The van der Waals surface area contributed by atoms with E-state index >= 15 is 0 Å². The lowest BCUT2D eigenvalue weighted by Crippen LogP contribution is -2.12.